The molecule has 102 valence electrons. The zero-order valence-electron chi connectivity index (χ0n) is 8.58. The number of rotatable bonds is 3. The summed E-state index contributed by atoms with van der Waals surface area (Å²) in [6, 6.07) is 3.32. The van der Waals surface area contributed by atoms with E-state index in [4.69, 9.17) is 4.55 Å². The first-order chi connectivity index (χ1) is 7.95. The Labute approximate surface area is 99.0 Å². The lowest BCUT2D eigenvalue weighted by molar-refractivity contribution is -0.138. The van der Waals surface area contributed by atoms with E-state index < -0.39 is 39.1 Å². The minimum atomic E-state index is -5.76. The first-order valence-electron chi connectivity index (χ1n) is 4.45. The van der Waals surface area contributed by atoms with Crippen LogP contribution in [0.3, 0.4) is 0 Å². The summed E-state index contributed by atoms with van der Waals surface area (Å²) in [5.41, 5.74) is -2.28. The number of hydrogen-bond acceptors (Lipinski definition) is 2. The van der Waals surface area contributed by atoms with Crippen molar-refractivity contribution in [2.75, 3.05) is 0 Å². The van der Waals surface area contributed by atoms with E-state index >= 15 is 0 Å². The fraction of sp³-hybridized carbons (Fsp3) is 0.333. The van der Waals surface area contributed by atoms with Crippen LogP contribution < -0.4 is 0 Å². The molecule has 0 radical (unpaired) electrons. The first-order valence-corrected chi connectivity index (χ1v) is 5.89. The van der Waals surface area contributed by atoms with Gasteiger partial charge in [-0.2, -0.15) is 30.4 Å². The van der Waals surface area contributed by atoms with Gasteiger partial charge >= 0.3 is 21.5 Å². The van der Waals surface area contributed by atoms with Crippen molar-refractivity contribution in [1.29, 1.82) is 0 Å². The van der Waals surface area contributed by atoms with Crippen LogP contribution in [0.4, 0.5) is 22.0 Å². The Hall–Kier alpha value is -1.22. The van der Waals surface area contributed by atoms with Gasteiger partial charge < -0.3 is 0 Å². The molecule has 0 spiro atoms. The van der Waals surface area contributed by atoms with E-state index in [9.17, 15) is 30.4 Å². The second kappa shape index (κ2) is 4.47. The predicted molar refractivity (Wildman–Crippen MR) is 51.6 cm³/mol. The molecule has 0 atom stereocenters. The third kappa shape index (κ3) is 3.16. The molecule has 3 nitrogen and oxygen atoms in total. The Morgan fingerprint density at radius 1 is 1.06 bits per heavy atom. The average Bonchev–Trinajstić information content (AvgIpc) is 2.14. The molecule has 0 bridgehead atoms. The summed E-state index contributed by atoms with van der Waals surface area (Å²) in [5.74, 6) is 0. The van der Waals surface area contributed by atoms with Crippen LogP contribution in [-0.4, -0.2) is 18.2 Å². The predicted octanol–water partition coefficient (Wildman–Crippen LogP) is 2.73. The minimum absolute atomic E-state index is 0.551. The highest BCUT2D eigenvalue weighted by Gasteiger charge is 2.46. The van der Waals surface area contributed by atoms with Crippen molar-refractivity contribution in [2.24, 2.45) is 0 Å². The Kier molecular flexibility index (Phi) is 3.68. The summed E-state index contributed by atoms with van der Waals surface area (Å²) >= 11 is 0. The van der Waals surface area contributed by atoms with Crippen molar-refractivity contribution < 1.29 is 34.9 Å². The van der Waals surface area contributed by atoms with Crippen LogP contribution in [0.1, 0.15) is 11.1 Å². The number of hydrogen-bond donors (Lipinski definition) is 1. The normalized spacial score (nSPS) is 13.7. The topological polar surface area (TPSA) is 54.4 Å². The monoisotopic (exact) mass is 290 g/mol. The molecule has 1 aromatic carbocycles. The molecule has 9 heteroatoms. The van der Waals surface area contributed by atoms with Crippen LogP contribution in [0.25, 0.3) is 0 Å². The van der Waals surface area contributed by atoms with Crippen LogP contribution in [0.5, 0.6) is 0 Å². The van der Waals surface area contributed by atoms with Crippen molar-refractivity contribution in [3.8, 4) is 0 Å². The summed E-state index contributed by atoms with van der Waals surface area (Å²) in [5, 5.41) is -4.67. The lowest BCUT2D eigenvalue weighted by Crippen LogP contribution is -2.31. The van der Waals surface area contributed by atoms with E-state index in [-0.39, 0.29) is 0 Å². The van der Waals surface area contributed by atoms with Crippen LogP contribution in [0, 0.1) is 0 Å². The van der Waals surface area contributed by atoms with Gasteiger partial charge in [-0.15, -0.1) is 0 Å². The Balaban J connectivity index is 3.22. The average molecular weight is 290 g/mol. The third-order valence-electron chi connectivity index (χ3n) is 2.10. The van der Waals surface area contributed by atoms with Gasteiger partial charge in [0.1, 0.15) is 0 Å². The van der Waals surface area contributed by atoms with Gasteiger partial charge in [0.25, 0.3) is 0 Å². The summed E-state index contributed by atoms with van der Waals surface area (Å²) < 4.78 is 92.3. The molecular formula is C9H7F5O3S. The smallest absolute Gasteiger partial charge is 0.281 e. The van der Waals surface area contributed by atoms with Gasteiger partial charge in [-0.25, -0.2) is 0 Å². The van der Waals surface area contributed by atoms with Crippen LogP contribution >= 0.6 is 0 Å². The molecule has 18 heavy (non-hydrogen) atoms. The van der Waals surface area contributed by atoms with Crippen LogP contribution in [-0.2, 0) is 22.7 Å². The van der Waals surface area contributed by atoms with E-state index in [1.54, 1.807) is 0 Å². The number of alkyl halides is 5. The van der Waals surface area contributed by atoms with Crippen molar-refractivity contribution in [2.45, 2.75) is 17.9 Å². The highest BCUT2D eigenvalue weighted by molar-refractivity contribution is 7.86. The maximum atomic E-state index is 13.0. The second-order valence-electron chi connectivity index (χ2n) is 3.44. The molecule has 0 aliphatic carbocycles. The quantitative estimate of drug-likeness (QED) is 0.688. The van der Waals surface area contributed by atoms with Crippen molar-refractivity contribution in [3.63, 3.8) is 0 Å². The van der Waals surface area contributed by atoms with Crippen LogP contribution in [0.15, 0.2) is 24.3 Å². The van der Waals surface area contributed by atoms with Crippen molar-refractivity contribution in [1.82, 2.24) is 0 Å². The highest BCUT2D eigenvalue weighted by atomic mass is 32.2. The fourth-order valence-corrected chi connectivity index (χ4v) is 1.60. The fourth-order valence-electron chi connectivity index (χ4n) is 1.26. The van der Waals surface area contributed by atoms with Gasteiger partial charge in [0.15, 0.2) is 0 Å². The highest BCUT2D eigenvalue weighted by Crippen LogP contribution is 2.35. The maximum Gasteiger partial charge on any atom is 0.416 e. The van der Waals surface area contributed by atoms with Gasteiger partial charge in [0, 0.05) is 0 Å². The molecule has 1 rings (SSSR count). The number of benzene rings is 1. The van der Waals surface area contributed by atoms with E-state index in [0.717, 1.165) is 18.2 Å². The minimum Gasteiger partial charge on any atom is -0.281 e. The lowest BCUT2D eigenvalue weighted by Gasteiger charge is -2.16. The SMILES string of the molecule is O=S(=O)(O)C(F)(F)Cc1ccccc1C(F)(F)F. The van der Waals surface area contributed by atoms with Gasteiger partial charge in [-0.1, -0.05) is 18.2 Å². The van der Waals surface area contributed by atoms with E-state index in [1.165, 1.54) is 0 Å². The standard InChI is InChI=1S/C9H7F5O3S/c10-8(11,18(15,16)17)5-6-3-1-2-4-7(6)9(12,13)14/h1-4H,5H2,(H,15,16,17). The Bertz CT molecular complexity index is 535. The molecule has 1 aromatic rings. The Morgan fingerprint density at radius 2 is 1.56 bits per heavy atom. The second-order valence-corrected chi connectivity index (χ2v) is 4.99. The maximum absolute atomic E-state index is 13.0. The summed E-state index contributed by atoms with van der Waals surface area (Å²) in [6.45, 7) is 0. The van der Waals surface area contributed by atoms with Crippen molar-refractivity contribution >= 4 is 10.1 Å². The first kappa shape index (κ1) is 14.8. The Morgan fingerprint density at radius 3 is 2.00 bits per heavy atom. The molecule has 0 amide bonds. The zero-order chi connectivity index (χ0) is 14.2. The summed E-state index contributed by atoms with van der Waals surface area (Å²) in [4.78, 5) is 0. The van der Waals surface area contributed by atoms with E-state index in [0.29, 0.717) is 6.07 Å². The van der Waals surface area contributed by atoms with E-state index in [1.807, 2.05) is 0 Å². The number of halogens is 5. The zero-order valence-corrected chi connectivity index (χ0v) is 9.39. The molecule has 0 aliphatic rings. The molecular weight excluding hydrogens is 283 g/mol. The summed E-state index contributed by atoms with van der Waals surface area (Å²) in [7, 11) is -5.76. The van der Waals surface area contributed by atoms with Crippen molar-refractivity contribution in [3.05, 3.63) is 35.4 Å². The van der Waals surface area contributed by atoms with Gasteiger partial charge in [0.2, 0.25) is 0 Å². The molecule has 0 heterocycles. The summed E-state index contributed by atoms with van der Waals surface area (Å²) in [6.07, 6.45) is -6.63. The van der Waals surface area contributed by atoms with Crippen LogP contribution in [0.2, 0.25) is 0 Å². The molecule has 0 aromatic heterocycles. The molecule has 0 fully saturated rings. The third-order valence-corrected chi connectivity index (χ3v) is 3.00. The molecule has 0 saturated carbocycles. The van der Waals surface area contributed by atoms with Gasteiger partial charge in [-0.3, -0.25) is 4.55 Å². The van der Waals surface area contributed by atoms with E-state index in [2.05, 4.69) is 0 Å². The lowest BCUT2D eigenvalue weighted by atomic mass is 10.0. The molecule has 0 aliphatic heterocycles. The molecule has 0 saturated heterocycles. The van der Waals surface area contributed by atoms with Gasteiger partial charge in [-0.05, 0) is 11.6 Å². The largest absolute Gasteiger partial charge is 0.416 e. The molecule has 0 unspecified atom stereocenters. The molecule has 1 N–H and O–H groups in total. The van der Waals surface area contributed by atoms with Gasteiger partial charge in [0.05, 0.1) is 12.0 Å².